The van der Waals surface area contributed by atoms with Gasteiger partial charge in [0.05, 0.1) is 6.04 Å². The Kier molecular flexibility index (Phi) is 9.83. The van der Waals surface area contributed by atoms with Crippen LogP contribution in [0.25, 0.3) is 0 Å². The quantitative estimate of drug-likeness (QED) is 0.612. The molecule has 3 N–H and O–H groups in total. The van der Waals surface area contributed by atoms with Gasteiger partial charge in [0.15, 0.2) is 0 Å². The summed E-state index contributed by atoms with van der Waals surface area (Å²) in [5.41, 5.74) is 5.73. The van der Waals surface area contributed by atoms with Crippen LogP contribution in [0.5, 0.6) is 0 Å². The third-order valence-electron chi connectivity index (χ3n) is 2.60. The molecule has 0 rings (SSSR count). The van der Waals surface area contributed by atoms with Gasteiger partial charge in [-0.1, -0.05) is 26.7 Å². The van der Waals surface area contributed by atoms with Crippen molar-refractivity contribution in [2.24, 2.45) is 11.7 Å². The van der Waals surface area contributed by atoms with Gasteiger partial charge < -0.3 is 11.1 Å². The molecule has 0 fully saturated rings. The number of amides is 1. The Bertz CT molecular complexity index is 186. The Hall–Kier alpha value is -0.220. The second kappa shape index (κ2) is 9.97. The van der Waals surface area contributed by atoms with E-state index in [4.69, 9.17) is 5.73 Å². The number of hydrogen-bond donors (Lipinski definition) is 2. The molecule has 0 aromatic carbocycles. The van der Waals surface area contributed by atoms with Crippen LogP contribution in [-0.4, -0.2) is 30.5 Å². The lowest BCUT2D eigenvalue weighted by atomic mass is 10.1. The van der Waals surface area contributed by atoms with E-state index in [1.54, 1.807) is 0 Å². The molecular formula is C12H26N2OS. The highest BCUT2D eigenvalue weighted by atomic mass is 32.2. The maximum atomic E-state index is 11.5. The molecule has 0 bridgehead atoms. The third kappa shape index (κ3) is 7.99. The van der Waals surface area contributed by atoms with E-state index in [-0.39, 0.29) is 17.9 Å². The minimum Gasteiger partial charge on any atom is -0.355 e. The van der Waals surface area contributed by atoms with Gasteiger partial charge in [-0.3, -0.25) is 4.79 Å². The van der Waals surface area contributed by atoms with Crippen molar-refractivity contribution in [3.63, 3.8) is 0 Å². The topological polar surface area (TPSA) is 55.1 Å². The first kappa shape index (κ1) is 15.8. The Morgan fingerprint density at radius 3 is 2.44 bits per heavy atom. The number of unbranched alkanes of at least 4 members (excludes halogenated alkanes) is 3. The molecule has 0 aliphatic heterocycles. The molecule has 3 nitrogen and oxygen atoms in total. The van der Waals surface area contributed by atoms with Crippen LogP contribution in [0.4, 0.5) is 0 Å². The predicted octanol–water partition coefficient (Wildman–Crippen LogP) is 2.01. The summed E-state index contributed by atoms with van der Waals surface area (Å²) < 4.78 is 0. The highest BCUT2D eigenvalue weighted by Gasteiger charge is 2.15. The monoisotopic (exact) mass is 246 g/mol. The van der Waals surface area contributed by atoms with Crippen molar-refractivity contribution in [2.45, 2.75) is 45.6 Å². The summed E-state index contributed by atoms with van der Waals surface area (Å²) in [7, 11) is 0. The molecule has 4 heteroatoms. The van der Waals surface area contributed by atoms with Gasteiger partial charge in [0.1, 0.15) is 0 Å². The molecule has 0 aromatic rings. The maximum Gasteiger partial charge on any atom is 0.237 e. The molecule has 1 amide bonds. The van der Waals surface area contributed by atoms with Crippen LogP contribution in [0.3, 0.4) is 0 Å². The van der Waals surface area contributed by atoms with Gasteiger partial charge in [0, 0.05) is 6.54 Å². The lowest BCUT2D eigenvalue weighted by molar-refractivity contribution is -0.123. The third-order valence-corrected chi connectivity index (χ3v) is 3.29. The molecule has 0 aliphatic rings. The number of hydrogen-bond acceptors (Lipinski definition) is 3. The second-order valence-electron chi connectivity index (χ2n) is 4.47. The molecule has 0 saturated carbocycles. The average Bonchev–Trinajstić information content (AvgIpc) is 2.26. The smallest absolute Gasteiger partial charge is 0.237 e. The first-order valence-electron chi connectivity index (χ1n) is 6.11. The van der Waals surface area contributed by atoms with E-state index in [1.807, 2.05) is 25.6 Å². The minimum atomic E-state index is -0.364. The summed E-state index contributed by atoms with van der Waals surface area (Å²) in [5.74, 6) is 1.44. The van der Waals surface area contributed by atoms with Crippen molar-refractivity contribution in [1.29, 1.82) is 0 Å². The number of carbonyl (C=O) groups is 1. The van der Waals surface area contributed by atoms with Crippen LogP contribution in [0.1, 0.15) is 39.5 Å². The van der Waals surface area contributed by atoms with Gasteiger partial charge in [-0.15, -0.1) is 0 Å². The van der Waals surface area contributed by atoms with Crippen LogP contribution in [0.15, 0.2) is 0 Å². The van der Waals surface area contributed by atoms with Crippen molar-refractivity contribution < 1.29 is 4.79 Å². The molecule has 0 saturated heterocycles. The summed E-state index contributed by atoms with van der Waals surface area (Å²) >= 11 is 1.89. The number of rotatable bonds is 9. The zero-order valence-corrected chi connectivity index (χ0v) is 11.6. The Balaban J connectivity index is 3.34. The Labute approximate surface area is 104 Å². The van der Waals surface area contributed by atoms with E-state index in [9.17, 15) is 4.79 Å². The van der Waals surface area contributed by atoms with Crippen LogP contribution in [0, 0.1) is 5.92 Å². The van der Waals surface area contributed by atoms with Gasteiger partial charge in [-0.05, 0) is 30.8 Å². The Morgan fingerprint density at radius 1 is 1.25 bits per heavy atom. The van der Waals surface area contributed by atoms with E-state index < -0.39 is 0 Å². The molecule has 0 aliphatic carbocycles. The van der Waals surface area contributed by atoms with Gasteiger partial charge >= 0.3 is 0 Å². The SMILES string of the molecule is CSCCCCCCNC(=O)C(N)C(C)C. The molecule has 0 radical (unpaired) electrons. The Morgan fingerprint density at radius 2 is 1.88 bits per heavy atom. The summed E-state index contributed by atoms with van der Waals surface area (Å²) in [6.07, 6.45) is 6.92. The van der Waals surface area contributed by atoms with Crippen molar-refractivity contribution in [3.8, 4) is 0 Å². The van der Waals surface area contributed by atoms with Gasteiger partial charge in [-0.2, -0.15) is 11.8 Å². The van der Waals surface area contributed by atoms with E-state index in [0.29, 0.717) is 0 Å². The lowest BCUT2D eigenvalue weighted by Gasteiger charge is -2.15. The highest BCUT2D eigenvalue weighted by molar-refractivity contribution is 7.98. The van der Waals surface area contributed by atoms with Gasteiger partial charge in [0.2, 0.25) is 5.91 Å². The molecule has 96 valence electrons. The molecule has 1 atom stereocenters. The standard InChI is InChI=1S/C12H26N2OS/c1-10(2)11(13)12(15)14-8-6-4-5-7-9-16-3/h10-11H,4-9,13H2,1-3H3,(H,14,15). The zero-order valence-electron chi connectivity index (χ0n) is 10.8. The second-order valence-corrected chi connectivity index (χ2v) is 5.45. The molecule has 16 heavy (non-hydrogen) atoms. The summed E-state index contributed by atoms with van der Waals surface area (Å²) in [6.45, 7) is 4.69. The van der Waals surface area contributed by atoms with Crippen molar-refractivity contribution in [2.75, 3.05) is 18.6 Å². The minimum absolute atomic E-state index is 0.0147. The van der Waals surface area contributed by atoms with Gasteiger partial charge in [-0.25, -0.2) is 0 Å². The zero-order chi connectivity index (χ0) is 12.4. The normalized spacial score (nSPS) is 12.8. The lowest BCUT2D eigenvalue weighted by Crippen LogP contribution is -2.44. The fourth-order valence-corrected chi connectivity index (χ4v) is 1.85. The molecular weight excluding hydrogens is 220 g/mol. The number of carbonyl (C=O) groups excluding carboxylic acids is 1. The number of thioether (sulfide) groups is 1. The number of nitrogens with one attached hydrogen (secondary N) is 1. The summed E-state index contributed by atoms with van der Waals surface area (Å²) in [6, 6.07) is -0.364. The maximum absolute atomic E-state index is 11.5. The van der Waals surface area contributed by atoms with E-state index in [1.165, 1.54) is 25.0 Å². The van der Waals surface area contributed by atoms with Crippen LogP contribution in [-0.2, 0) is 4.79 Å². The molecule has 0 heterocycles. The first-order valence-corrected chi connectivity index (χ1v) is 7.51. The van der Waals surface area contributed by atoms with E-state index in [2.05, 4.69) is 11.6 Å². The molecule has 1 unspecified atom stereocenters. The fraction of sp³-hybridized carbons (Fsp3) is 0.917. The predicted molar refractivity (Wildman–Crippen MR) is 72.7 cm³/mol. The number of nitrogens with two attached hydrogens (primary N) is 1. The van der Waals surface area contributed by atoms with E-state index in [0.717, 1.165) is 13.0 Å². The fourth-order valence-electron chi connectivity index (χ4n) is 1.36. The first-order chi connectivity index (χ1) is 7.59. The van der Waals surface area contributed by atoms with E-state index >= 15 is 0 Å². The highest BCUT2D eigenvalue weighted by Crippen LogP contribution is 2.04. The van der Waals surface area contributed by atoms with Crippen molar-refractivity contribution in [3.05, 3.63) is 0 Å². The molecule has 0 spiro atoms. The van der Waals surface area contributed by atoms with Crippen LogP contribution >= 0.6 is 11.8 Å². The van der Waals surface area contributed by atoms with Crippen molar-refractivity contribution >= 4 is 17.7 Å². The van der Waals surface area contributed by atoms with Crippen molar-refractivity contribution in [1.82, 2.24) is 5.32 Å². The van der Waals surface area contributed by atoms with Crippen LogP contribution < -0.4 is 11.1 Å². The molecule has 0 aromatic heterocycles. The summed E-state index contributed by atoms with van der Waals surface area (Å²) in [5, 5.41) is 2.89. The average molecular weight is 246 g/mol. The largest absolute Gasteiger partial charge is 0.355 e. The summed E-state index contributed by atoms with van der Waals surface area (Å²) in [4.78, 5) is 11.5. The van der Waals surface area contributed by atoms with Gasteiger partial charge in [0.25, 0.3) is 0 Å². The van der Waals surface area contributed by atoms with Crippen LogP contribution in [0.2, 0.25) is 0 Å².